The number of likely N-dealkylation sites (N-methyl/N-ethyl adjacent to an activating group) is 1. The van der Waals surface area contributed by atoms with Crippen molar-refractivity contribution in [3.63, 3.8) is 0 Å². The Bertz CT molecular complexity index is 255. The predicted octanol–water partition coefficient (Wildman–Crippen LogP) is 3.54. The average Bonchev–Trinajstić information content (AvgIpc) is 2.65. The maximum absolute atomic E-state index is 2.50. The SMILES string of the molecule is CCC.CCN1CCc2sccc2C1. The first-order chi connectivity index (χ1) is 6.81. The Morgan fingerprint density at radius 3 is 2.71 bits per heavy atom. The van der Waals surface area contributed by atoms with Crippen LogP contribution in [0.3, 0.4) is 0 Å². The van der Waals surface area contributed by atoms with E-state index in [1.54, 1.807) is 10.4 Å². The molecule has 0 atom stereocenters. The van der Waals surface area contributed by atoms with Crippen molar-refractivity contribution >= 4 is 11.3 Å². The van der Waals surface area contributed by atoms with Crippen molar-refractivity contribution in [2.75, 3.05) is 13.1 Å². The molecule has 0 saturated carbocycles. The maximum atomic E-state index is 2.50. The minimum Gasteiger partial charge on any atom is -0.299 e. The molecule has 0 radical (unpaired) electrons. The van der Waals surface area contributed by atoms with E-state index < -0.39 is 0 Å². The third-order valence-electron chi connectivity index (χ3n) is 2.33. The van der Waals surface area contributed by atoms with Crippen LogP contribution in [0, 0.1) is 0 Å². The van der Waals surface area contributed by atoms with E-state index in [0.29, 0.717) is 0 Å². The standard InChI is InChI=1S/C9H13NS.C3H8/c1-2-10-5-3-9-8(7-10)4-6-11-9;1-3-2/h4,6H,2-3,5,7H2,1H3;3H2,1-2H3. The van der Waals surface area contributed by atoms with Crippen LogP contribution >= 0.6 is 11.3 Å². The summed E-state index contributed by atoms with van der Waals surface area (Å²) in [5.41, 5.74) is 1.56. The van der Waals surface area contributed by atoms with Crippen molar-refractivity contribution < 1.29 is 0 Å². The molecule has 2 rings (SSSR count). The molecule has 1 aliphatic heterocycles. The number of thiophene rings is 1. The smallest absolute Gasteiger partial charge is 0.0244 e. The van der Waals surface area contributed by atoms with Crippen LogP contribution in [0.4, 0.5) is 0 Å². The highest BCUT2D eigenvalue weighted by Crippen LogP contribution is 2.23. The van der Waals surface area contributed by atoms with Crippen LogP contribution in [0.15, 0.2) is 11.4 Å². The minimum atomic E-state index is 1.18. The minimum absolute atomic E-state index is 1.18. The van der Waals surface area contributed by atoms with E-state index in [2.05, 4.69) is 37.1 Å². The summed E-state index contributed by atoms with van der Waals surface area (Å²) >= 11 is 1.91. The fourth-order valence-electron chi connectivity index (χ4n) is 1.58. The number of hydrogen-bond acceptors (Lipinski definition) is 2. The largest absolute Gasteiger partial charge is 0.299 e. The van der Waals surface area contributed by atoms with Gasteiger partial charge in [-0.2, -0.15) is 0 Å². The van der Waals surface area contributed by atoms with Crippen molar-refractivity contribution in [3.8, 4) is 0 Å². The van der Waals surface area contributed by atoms with Gasteiger partial charge in [-0.1, -0.05) is 27.2 Å². The molecule has 80 valence electrons. The van der Waals surface area contributed by atoms with Crippen molar-refractivity contribution in [1.82, 2.24) is 4.90 Å². The molecule has 0 aliphatic carbocycles. The van der Waals surface area contributed by atoms with Crippen LogP contribution in [0.5, 0.6) is 0 Å². The van der Waals surface area contributed by atoms with Crippen molar-refractivity contribution in [1.29, 1.82) is 0 Å². The van der Waals surface area contributed by atoms with Crippen molar-refractivity contribution in [2.45, 2.75) is 40.2 Å². The monoisotopic (exact) mass is 211 g/mol. The number of rotatable bonds is 1. The number of nitrogens with zero attached hydrogens (tertiary/aromatic N) is 1. The third-order valence-corrected chi connectivity index (χ3v) is 3.36. The Morgan fingerprint density at radius 1 is 1.36 bits per heavy atom. The van der Waals surface area contributed by atoms with Crippen LogP contribution in [-0.4, -0.2) is 18.0 Å². The van der Waals surface area contributed by atoms with Gasteiger partial charge in [-0.15, -0.1) is 11.3 Å². The van der Waals surface area contributed by atoms with E-state index in [9.17, 15) is 0 Å². The number of fused-ring (bicyclic) bond motifs is 1. The summed E-state index contributed by atoms with van der Waals surface area (Å²) in [6.45, 7) is 10.1. The maximum Gasteiger partial charge on any atom is 0.0244 e. The molecule has 0 spiro atoms. The summed E-state index contributed by atoms with van der Waals surface area (Å²) in [7, 11) is 0. The molecule has 2 heterocycles. The van der Waals surface area contributed by atoms with Crippen LogP contribution in [0.25, 0.3) is 0 Å². The van der Waals surface area contributed by atoms with Gasteiger partial charge < -0.3 is 0 Å². The van der Waals surface area contributed by atoms with Gasteiger partial charge in [-0.05, 0) is 30.0 Å². The topological polar surface area (TPSA) is 3.24 Å². The van der Waals surface area contributed by atoms with Gasteiger partial charge in [-0.3, -0.25) is 4.90 Å². The highest BCUT2D eigenvalue weighted by Gasteiger charge is 2.14. The summed E-state index contributed by atoms with van der Waals surface area (Å²) < 4.78 is 0. The van der Waals surface area contributed by atoms with E-state index in [1.165, 1.54) is 32.5 Å². The Hall–Kier alpha value is -0.340. The van der Waals surface area contributed by atoms with Gasteiger partial charge in [0.25, 0.3) is 0 Å². The molecule has 2 heteroatoms. The summed E-state index contributed by atoms with van der Waals surface area (Å²) in [6.07, 6.45) is 2.51. The summed E-state index contributed by atoms with van der Waals surface area (Å²) in [4.78, 5) is 4.10. The first kappa shape index (κ1) is 11.7. The van der Waals surface area contributed by atoms with Crippen LogP contribution in [0.2, 0.25) is 0 Å². The quantitative estimate of drug-likeness (QED) is 0.687. The molecule has 0 saturated heterocycles. The van der Waals surface area contributed by atoms with Gasteiger partial charge >= 0.3 is 0 Å². The summed E-state index contributed by atoms with van der Waals surface area (Å²) in [6, 6.07) is 2.27. The molecule has 0 bridgehead atoms. The first-order valence-electron chi connectivity index (χ1n) is 5.59. The summed E-state index contributed by atoms with van der Waals surface area (Å²) in [5.74, 6) is 0. The highest BCUT2D eigenvalue weighted by atomic mass is 32.1. The predicted molar refractivity (Wildman–Crippen MR) is 64.9 cm³/mol. The molecule has 1 aromatic rings. The molecule has 0 aromatic carbocycles. The lowest BCUT2D eigenvalue weighted by Gasteiger charge is -2.24. The fourth-order valence-corrected chi connectivity index (χ4v) is 2.47. The van der Waals surface area contributed by atoms with Gasteiger partial charge in [0.2, 0.25) is 0 Å². The molecular formula is C12H21NS. The van der Waals surface area contributed by atoms with Gasteiger partial charge in [-0.25, -0.2) is 0 Å². The second kappa shape index (κ2) is 6.20. The van der Waals surface area contributed by atoms with Gasteiger partial charge in [0.05, 0.1) is 0 Å². The lowest BCUT2D eigenvalue weighted by molar-refractivity contribution is 0.270. The normalized spacial score (nSPS) is 15.6. The Balaban J connectivity index is 0.000000293. The zero-order chi connectivity index (χ0) is 10.4. The second-order valence-electron chi connectivity index (χ2n) is 3.69. The van der Waals surface area contributed by atoms with Crippen molar-refractivity contribution in [3.05, 3.63) is 21.9 Å². The van der Waals surface area contributed by atoms with Gasteiger partial charge in [0, 0.05) is 18.0 Å². The van der Waals surface area contributed by atoms with Crippen LogP contribution in [-0.2, 0) is 13.0 Å². The lowest BCUT2D eigenvalue weighted by atomic mass is 10.1. The highest BCUT2D eigenvalue weighted by molar-refractivity contribution is 7.10. The zero-order valence-corrected chi connectivity index (χ0v) is 10.4. The Kier molecular flexibility index (Phi) is 5.20. The van der Waals surface area contributed by atoms with E-state index in [4.69, 9.17) is 0 Å². The second-order valence-corrected chi connectivity index (χ2v) is 4.70. The molecule has 0 N–H and O–H groups in total. The molecular weight excluding hydrogens is 190 g/mol. The van der Waals surface area contributed by atoms with E-state index in [1.807, 2.05) is 11.3 Å². The fraction of sp³-hybridized carbons (Fsp3) is 0.667. The lowest BCUT2D eigenvalue weighted by Crippen LogP contribution is -2.29. The van der Waals surface area contributed by atoms with Gasteiger partial charge in [0.15, 0.2) is 0 Å². The molecule has 1 nitrogen and oxygen atoms in total. The van der Waals surface area contributed by atoms with E-state index in [-0.39, 0.29) is 0 Å². The zero-order valence-electron chi connectivity index (χ0n) is 9.55. The van der Waals surface area contributed by atoms with Crippen LogP contribution in [0.1, 0.15) is 37.6 Å². The summed E-state index contributed by atoms with van der Waals surface area (Å²) in [5, 5.41) is 2.21. The molecule has 1 aliphatic rings. The van der Waals surface area contributed by atoms with Crippen molar-refractivity contribution in [2.24, 2.45) is 0 Å². The Labute approximate surface area is 91.8 Å². The molecule has 14 heavy (non-hydrogen) atoms. The van der Waals surface area contributed by atoms with Gasteiger partial charge in [0.1, 0.15) is 0 Å². The Morgan fingerprint density at radius 2 is 2.07 bits per heavy atom. The third kappa shape index (κ3) is 3.10. The molecule has 0 amide bonds. The van der Waals surface area contributed by atoms with E-state index in [0.717, 1.165) is 0 Å². The number of hydrogen-bond donors (Lipinski definition) is 0. The molecule has 0 fully saturated rings. The molecule has 0 unspecified atom stereocenters. The molecule has 1 aromatic heterocycles. The average molecular weight is 211 g/mol. The first-order valence-corrected chi connectivity index (χ1v) is 6.47. The van der Waals surface area contributed by atoms with Crippen LogP contribution < -0.4 is 0 Å². The van der Waals surface area contributed by atoms with E-state index >= 15 is 0 Å².